The van der Waals surface area contributed by atoms with Gasteiger partial charge in [-0.15, -0.1) is 10.1 Å². The second-order valence-electron chi connectivity index (χ2n) is 7.70. The van der Waals surface area contributed by atoms with Gasteiger partial charge in [0.25, 0.3) is 5.09 Å². The van der Waals surface area contributed by atoms with Crippen molar-refractivity contribution in [3.8, 4) is 28.8 Å². The summed E-state index contributed by atoms with van der Waals surface area (Å²) in [7, 11) is 0. The molecule has 1 aliphatic heterocycles. The molecular weight excluding hydrogens is 495 g/mol. The summed E-state index contributed by atoms with van der Waals surface area (Å²) >= 11 is 12.5. The first-order valence-corrected chi connectivity index (χ1v) is 11.4. The van der Waals surface area contributed by atoms with Crippen LogP contribution in [0.2, 0.25) is 10.0 Å². The van der Waals surface area contributed by atoms with Gasteiger partial charge in [0.05, 0.1) is 16.4 Å². The van der Waals surface area contributed by atoms with Crippen molar-refractivity contribution in [3.63, 3.8) is 0 Å². The highest BCUT2D eigenvalue weighted by Gasteiger charge is 2.28. The molecule has 0 saturated carbocycles. The summed E-state index contributed by atoms with van der Waals surface area (Å²) in [5.41, 5.74) is 3.59. The topological polar surface area (TPSA) is 109 Å². The minimum absolute atomic E-state index is 0.0892. The van der Waals surface area contributed by atoms with E-state index >= 15 is 0 Å². The van der Waals surface area contributed by atoms with Crippen LogP contribution in [0.25, 0.3) is 16.9 Å². The molecule has 2 heterocycles. The molecule has 180 valence electrons. The van der Waals surface area contributed by atoms with E-state index in [2.05, 4.69) is 27.1 Å². The molecule has 0 bridgehead atoms. The van der Waals surface area contributed by atoms with Crippen LogP contribution in [0.1, 0.15) is 28.0 Å². The lowest BCUT2D eigenvalue weighted by atomic mass is 10.0. The Morgan fingerprint density at radius 1 is 1.26 bits per heavy atom. The molecule has 1 saturated heterocycles. The van der Waals surface area contributed by atoms with Gasteiger partial charge >= 0.3 is 5.97 Å². The first kappa shape index (κ1) is 24.5. The number of hydrogen-bond acceptors (Lipinski definition) is 7. The van der Waals surface area contributed by atoms with E-state index in [9.17, 15) is 14.9 Å². The van der Waals surface area contributed by atoms with Crippen LogP contribution in [0.4, 0.5) is 0 Å². The Bertz CT molecular complexity index is 1320. The van der Waals surface area contributed by atoms with Crippen LogP contribution in [0, 0.1) is 28.9 Å². The van der Waals surface area contributed by atoms with Crippen LogP contribution in [0.3, 0.4) is 0 Å². The second-order valence-corrected chi connectivity index (χ2v) is 8.54. The van der Waals surface area contributed by atoms with Gasteiger partial charge < -0.3 is 14.9 Å². The molecule has 35 heavy (non-hydrogen) atoms. The zero-order valence-corrected chi connectivity index (χ0v) is 20.1. The maximum Gasteiger partial charge on any atom is 0.359 e. The van der Waals surface area contributed by atoms with Gasteiger partial charge in [-0.25, -0.2) is 9.48 Å². The Kier molecular flexibility index (Phi) is 7.56. The fraction of sp³-hybridized carbons (Fsp3) is 0.250. The second kappa shape index (κ2) is 10.8. The minimum Gasteiger partial charge on any atom is -0.455 e. The number of ether oxygens (including phenoxy) is 1. The smallest absolute Gasteiger partial charge is 0.359 e. The van der Waals surface area contributed by atoms with Crippen molar-refractivity contribution in [2.24, 2.45) is 0 Å². The fourth-order valence-corrected chi connectivity index (χ4v) is 3.94. The van der Waals surface area contributed by atoms with Gasteiger partial charge in [-0.3, -0.25) is 0 Å². The molecule has 0 atom stereocenters. The molecule has 1 aromatic heterocycles. The quantitative estimate of drug-likeness (QED) is 0.165. The number of nitrogens with zero attached hydrogens (tertiary/aromatic N) is 3. The molecule has 9 nitrogen and oxygen atoms in total. The van der Waals surface area contributed by atoms with E-state index in [1.54, 1.807) is 29.8 Å². The van der Waals surface area contributed by atoms with E-state index in [1.807, 2.05) is 24.3 Å². The van der Waals surface area contributed by atoms with Crippen molar-refractivity contribution in [2.75, 3.05) is 19.7 Å². The van der Waals surface area contributed by atoms with Crippen molar-refractivity contribution in [2.45, 2.75) is 19.4 Å². The lowest BCUT2D eigenvalue weighted by Gasteiger charge is -2.26. The number of rotatable bonds is 7. The molecular formula is C24H20Cl2N4O5. The third-order valence-electron chi connectivity index (χ3n) is 5.29. The Hall–Kier alpha value is -3.58. The minimum atomic E-state index is -0.845. The molecule has 0 spiro atoms. The van der Waals surface area contributed by atoms with Gasteiger partial charge in [-0.2, -0.15) is 5.10 Å². The molecule has 3 aromatic rings. The Morgan fingerprint density at radius 2 is 2.00 bits per heavy atom. The number of halogens is 2. The lowest BCUT2D eigenvalue weighted by Crippen LogP contribution is -2.49. The highest BCUT2D eigenvalue weighted by atomic mass is 35.5. The van der Waals surface area contributed by atoms with E-state index in [0.717, 1.165) is 11.1 Å². The first-order chi connectivity index (χ1) is 16.8. The maximum absolute atomic E-state index is 12.9. The van der Waals surface area contributed by atoms with Gasteiger partial charge in [0.2, 0.25) is 0 Å². The Morgan fingerprint density at radius 3 is 2.63 bits per heavy atom. The van der Waals surface area contributed by atoms with Gasteiger partial charge in [-0.1, -0.05) is 47.2 Å². The van der Waals surface area contributed by atoms with Gasteiger partial charge in [0.15, 0.2) is 5.69 Å². The number of benzene rings is 2. The normalized spacial score (nSPS) is 12.9. The zero-order valence-electron chi connectivity index (χ0n) is 18.6. The number of carbonyl (C=O) groups excluding carboxylic acids is 1. The summed E-state index contributed by atoms with van der Waals surface area (Å²) in [6, 6.07) is 12.4. The van der Waals surface area contributed by atoms with E-state index in [4.69, 9.17) is 27.9 Å². The van der Waals surface area contributed by atoms with Crippen LogP contribution in [0.5, 0.6) is 0 Å². The number of carbonyl (C=O) groups is 1. The fourth-order valence-electron chi connectivity index (χ4n) is 3.46. The number of hydrogen-bond donors (Lipinski definition) is 1. The standard InChI is InChI=1S/C24H20Cl2N4O5/c1-15-22(24(31)35-19-13-27-14-19)28-29(21-10-9-18(25)12-20(21)26)23(15)17-7-5-16(6-8-17)4-2-3-11-34-30(32)33/h5-10,12,19,27H,3,11,13-14H2,1H3. The summed E-state index contributed by atoms with van der Waals surface area (Å²) in [5.74, 6) is 5.27. The van der Waals surface area contributed by atoms with Gasteiger partial charge in [0, 0.05) is 41.2 Å². The van der Waals surface area contributed by atoms with Gasteiger partial charge in [0.1, 0.15) is 12.7 Å². The molecule has 1 fully saturated rings. The van der Waals surface area contributed by atoms with E-state index in [1.165, 1.54) is 0 Å². The maximum atomic E-state index is 12.9. The molecule has 0 radical (unpaired) electrons. The zero-order chi connectivity index (χ0) is 24.9. The lowest BCUT2D eigenvalue weighted by molar-refractivity contribution is -0.757. The summed E-state index contributed by atoms with van der Waals surface area (Å²) in [6.07, 6.45) is 0.0503. The molecule has 1 aliphatic rings. The van der Waals surface area contributed by atoms with Crippen LogP contribution in [-0.4, -0.2) is 46.6 Å². The van der Waals surface area contributed by atoms with E-state index in [0.29, 0.717) is 40.1 Å². The van der Waals surface area contributed by atoms with Crippen molar-refractivity contribution < 1.29 is 19.5 Å². The summed E-state index contributed by atoms with van der Waals surface area (Å²) in [6.45, 7) is 2.94. The molecule has 2 aromatic carbocycles. The van der Waals surface area contributed by atoms with Crippen LogP contribution >= 0.6 is 23.2 Å². The monoisotopic (exact) mass is 514 g/mol. The van der Waals surface area contributed by atoms with E-state index < -0.39 is 11.1 Å². The molecule has 4 rings (SSSR count). The molecule has 0 aliphatic carbocycles. The van der Waals surface area contributed by atoms with Crippen molar-refractivity contribution in [1.82, 2.24) is 15.1 Å². The first-order valence-electron chi connectivity index (χ1n) is 10.7. The average Bonchev–Trinajstić information content (AvgIpc) is 3.13. The van der Waals surface area contributed by atoms with Crippen molar-refractivity contribution in [3.05, 3.63) is 79.4 Å². The summed E-state index contributed by atoms with van der Waals surface area (Å²) < 4.78 is 7.15. The van der Waals surface area contributed by atoms with E-state index in [-0.39, 0.29) is 24.8 Å². The summed E-state index contributed by atoms with van der Waals surface area (Å²) in [4.78, 5) is 27.3. The largest absolute Gasteiger partial charge is 0.455 e. The Balaban J connectivity index is 1.68. The predicted octanol–water partition coefficient (Wildman–Crippen LogP) is 4.23. The van der Waals surface area contributed by atoms with Crippen LogP contribution < -0.4 is 5.32 Å². The van der Waals surface area contributed by atoms with Crippen molar-refractivity contribution >= 4 is 29.2 Å². The highest BCUT2D eigenvalue weighted by molar-refractivity contribution is 6.35. The van der Waals surface area contributed by atoms with Gasteiger partial charge in [-0.05, 0) is 37.3 Å². The number of nitrogens with one attached hydrogen (secondary N) is 1. The van der Waals surface area contributed by atoms with Crippen molar-refractivity contribution in [1.29, 1.82) is 0 Å². The third kappa shape index (κ3) is 5.74. The van der Waals surface area contributed by atoms with Crippen LogP contribution in [-0.2, 0) is 9.57 Å². The number of esters is 1. The number of aromatic nitrogens is 2. The third-order valence-corrected chi connectivity index (χ3v) is 5.82. The predicted molar refractivity (Wildman–Crippen MR) is 130 cm³/mol. The molecule has 0 amide bonds. The highest BCUT2D eigenvalue weighted by Crippen LogP contribution is 2.33. The molecule has 11 heteroatoms. The SMILES string of the molecule is Cc1c(C(=O)OC2CNC2)nn(-c2ccc(Cl)cc2Cl)c1-c1ccc(C#CCCO[N+](=O)[O-])cc1. The van der Waals surface area contributed by atoms with Crippen LogP contribution in [0.15, 0.2) is 42.5 Å². The molecule has 0 unspecified atom stereocenters. The summed E-state index contributed by atoms with van der Waals surface area (Å²) in [5, 5.41) is 17.8. The molecule has 1 N–H and O–H groups in total. The Labute approximate surface area is 211 Å². The average molecular weight is 515 g/mol.